The van der Waals surface area contributed by atoms with Crippen LogP contribution in [0.25, 0.3) is 0 Å². The highest BCUT2D eigenvalue weighted by molar-refractivity contribution is 5.80. The zero-order valence-electron chi connectivity index (χ0n) is 17.0. The molecule has 1 heterocycles. The number of carbonyl (C=O) groups is 1. The maximum Gasteiger partial charge on any atom is 0.219 e. The zero-order valence-corrected chi connectivity index (χ0v) is 17.0. The highest BCUT2D eigenvalue weighted by atomic mass is 16.2. The van der Waals surface area contributed by atoms with Gasteiger partial charge in [0.2, 0.25) is 5.91 Å². The number of rotatable bonds is 9. The molecule has 1 atom stereocenters. The number of nitrogens with one attached hydrogen (secondary N) is 2. The van der Waals surface area contributed by atoms with Crippen molar-refractivity contribution in [1.29, 1.82) is 0 Å². The SMILES string of the molecule is CCNC(=NCCN1CCN(C(C)=O)CC1)NC(C)CCCC(C)C. The summed E-state index contributed by atoms with van der Waals surface area (Å²) in [6.07, 6.45) is 3.72. The van der Waals surface area contributed by atoms with E-state index in [1.807, 2.05) is 4.90 Å². The Kier molecular flexibility index (Phi) is 10.5. The Morgan fingerprint density at radius 2 is 1.80 bits per heavy atom. The molecular formula is C19H39N5O. The Balaban J connectivity index is 2.31. The summed E-state index contributed by atoms with van der Waals surface area (Å²) in [5.41, 5.74) is 0. The molecule has 0 aromatic rings. The molecule has 1 rings (SSSR count). The van der Waals surface area contributed by atoms with Gasteiger partial charge in [0.15, 0.2) is 5.96 Å². The number of hydrogen-bond acceptors (Lipinski definition) is 3. The first-order chi connectivity index (χ1) is 11.9. The fraction of sp³-hybridized carbons (Fsp3) is 0.895. The van der Waals surface area contributed by atoms with E-state index in [0.717, 1.165) is 57.7 Å². The molecule has 0 saturated carbocycles. The first-order valence-electron chi connectivity index (χ1n) is 9.95. The van der Waals surface area contributed by atoms with E-state index < -0.39 is 0 Å². The Bertz CT molecular complexity index is 403. The van der Waals surface area contributed by atoms with Gasteiger partial charge in [-0.25, -0.2) is 0 Å². The second-order valence-electron chi connectivity index (χ2n) is 7.48. The standard InChI is InChI=1S/C19H39N5O/c1-6-20-19(22-17(4)9-7-8-16(2)3)21-10-11-23-12-14-24(15-13-23)18(5)25/h16-17H,6-15H2,1-5H3,(H2,20,21,22). The highest BCUT2D eigenvalue weighted by Gasteiger charge is 2.17. The van der Waals surface area contributed by atoms with Gasteiger partial charge in [-0.2, -0.15) is 0 Å². The summed E-state index contributed by atoms with van der Waals surface area (Å²) < 4.78 is 0. The van der Waals surface area contributed by atoms with E-state index in [9.17, 15) is 4.79 Å². The lowest BCUT2D eigenvalue weighted by molar-refractivity contribution is -0.130. The first kappa shape index (κ1) is 21.7. The molecule has 1 aliphatic heterocycles. The van der Waals surface area contributed by atoms with Crippen LogP contribution in [0, 0.1) is 5.92 Å². The molecule has 6 heteroatoms. The molecule has 146 valence electrons. The molecule has 1 unspecified atom stereocenters. The lowest BCUT2D eigenvalue weighted by atomic mass is 10.0. The van der Waals surface area contributed by atoms with Crippen LogP contribution in [0.4, 0.5) is 0 Å². The van der Waals surface area contributed by atoms with Crippen LogP contribution < -0.4 is 10.6 Å². The molecule has 25 heavy (non-hydrogen) atoms. The van der Waals surface area contributed by atoms with Crippen molar-refractivity contribution in [3.05, 3.63) is 0 Å². The average molecular weight is 354 g/mol. The molecule has 0 radical (unpaired) electrons. The van der Waals surface area contributed by atoms with Gasteiger partial charge in [0.25, 0.3) is 0 Å². The summed E-state index contributed by atoms with van der Waals surface area (Å²) in [6.45, 7) is 16.7. The van der Waals surface area contributed by atoms with Crippen molar-refractivity contribution in [1.82, 2.24) is 20.4 Å². The predicted octanol–water partition coefficient (Wildman–Crippen LogP) is 1.92. The number of piperazine rings is 1. The summed E-state index contributed by atoms with van der Waals surface area (Å²) in [5.74, 6) is 1.88. The number of hydrogen-bond donors (Lipinski definition) is 2. The normalized spacial score (nSPS) is 17.7. The Morgan fingerprint density at radius 1 is 1.12 bits per heavy atom. The lowest BCUT2D eigenvalue weighted by Crippen LogP contribution is -2.48. The largest absolute Gasteiger partial charge is 0.357 e. The highest BCUT2D eigenvalue weighted by Crippen LogP contribution is 2.08. The summed E-state index contributed by atoms with van der Waals surface area (Å²) in [5, 5.41) is 6.86. The fourth-order valence-electron chi connectivity index (χ4n) is 3.05. The third-order valence-corrected chi connectivity index (χ3v) is 4.65. The number of guanidine groups is 1. The summed E-state index contributed by atoms with van der Waals surface area (Å²) >= 11 is 0. The van der Waals surface area contributed by atoms with Crippen molar-refractivity contribution < 1.29 is 4.79 Å². The van der Waals surface area contributed by atoms with Gasteiger partial charge in [-0.1, -0.05) is 26.7 Å². The average Bonchev–Trinajstić information content (AvgIpc) is 2.55. The molecule has 0 aliphatic carbocycles. The van der Waals surface area contributed by atoms with Gasteiger partial charge < -0.3 is 15.5 Å². The number of carbonyl (C=O) groups excluding carboxylic acids is 1. The third kappa shape index (κ3) is 9.68. The fourth-order valence-corrected chi connectivity index (χ4v) is 3.05. The number of nitrogens with zero attached hydrogens (tertiary/aromatic N) is 3. The van der Waals surface area contributed by atoms with Crippen molar-refractivity contribution in [2.45, 2.75) is 59.9 Å². The maximum absolute atomic E-state index is 11.4. The zero-order chi connectivity index (χ0) is 18.7. The van der Waals surface area contributed by atoms with E-state index in [1.165, 1.54) is 19.3 Å². The molecule has 1 aliphatic rings. The Hall–Kier alpha value is -1.30. The van der Waals surface area contributed by atoms with Gasteiger partial charge in [-0.15, -0.1) is 0 Å². The van der Waals surface area contributed by atoms with Crippen molar-refractivity contribution in [2.75, 3.05) is 45.8 Å². The second kappa shape index (κ2) is 12.1. The van der Waals surface area contributed by atoms with Crippen molar-refractivity contribution in [3.8, 4) is 0 Å². The molecular weight excluding hydrogens is 314 g/mol. The molecule has 0 aromatic heterocycles. The molecule has 1 amide bonds. The van der Waals surface area contributed by atoms with Crippen LogP contribution in [0.5, 0.6) is 0 Å². The molecule has 6 nitrogen and oxygen atoms in total. The van der Waals surface area contributed by atoms with Gasteiger partial charge in [0.1, 0.15) is 0 Å². The predicted molar refractivity (Wildman–Crippen MR) is 106 cm³/mol. The monoisotopic (exact) mass is 353 g/mol. The van der Waals surface area contributed by atoms with Crippen LogP contribution in [-0.2, 0) is 4.79 Å². The van der Waals surface area contributed by atoms with E-state index in [-0.39, 0.29) is 5.91 Å². The number of aliphatic imine (C=N–C) groups is 1. The van der Waals surface area contributed by atoms with Crippen LogP contribution in [0.2, 0.25) is 0 Å². The summed E-state index contributed by atoms with van der Waals surface area (Å²) in [6, 6.07) is 0.440. The van der Waals surface area contributed by atoms with Crippen LogP contribution in [-0.4, -0.2) is 73.5 Å². The van der Waals surface area contributed by atoms with E-state index in [2.05, 4.69) is 43.2 Å². The Morgan fingerprint density at radius 3 is 2.36 bits per heavy atom. The minimum absolute atomic E-state index is 0.183. The van der Waals surface area contributed by atoms with Crippen molar-refractivity contribution >= 4 is 11.9 Å². The summed E-state index contributed by atoms with van der Waals surface area (Å²) in [7, 11) is 0. The third-order valence-electron chi connectivity index (χ3n) is 4.65. The maximum atomic E-state index is 11.4. The lowest BCUT2D eigenvalue weighted by Gasteiger charge is -2.33. The second-order valence-corrected chi connectivity index (χ2v) is 7.48. The van der Waals surface area contributed by atoms with Crippen molar-refractivity contribution in [3.63, 3.8) is 0 Å². The quantitative estimate of drug-likeness (QED) is 0.491. The smallest absolute Gasteiger partial charge is 0.219 e. The van der Waals surface area contributed by atoms with Crippen LogP contribution in [0.15, 0.2) is 4.99 Å². The van der Waals surface area contributed by atoms with Crippen LogP contribution >= 0.6 is 0 Å². The topological polar surface area (TPSA) is 60.0 Å². The van der Waals surface area contributed by atoms with E-state index in [1.54, 1.807) is 6.92 Å². The minimum Gasteiger partial charge on any atom is -0.357 e. The Labute approximate surface area is 154 Å². The molecule has 1 fully saturated rings. The summed E-state index contributed by atoms with van der Waals surface area (Å²) in [4.78, 5) is 20.4. The van der Waals surface area contributed by atoms with Gasteiger partial charge in [0.05, 0.1) is 6.54 Å². The van der Waals surface area contributed by atoms with Gasteiger partial charge in [-0.3, -0.25) is 14.7 Å². The van der Waals surface area contributed by atoms with Gasteiger partial charge in [0, 0.05) is 52.2 Å². The van der Waals surface area contributed by atoms with E-state index in [4.69, 9.17) is 4.99 Å². The van der Waals surface area contributed by atoms with E-state index in [0.29, 0.717) is 6.04 Å². The van der Waals surface area contributed by atoms with Crippen LogP contribution in [0.3, 0.4) is 0 Å². The molecule has 0 aromatic carbocycles. The van der Waals surface area contributed by atoms with Gasteiger partial charge >= 0.3 is 0 Å². The molecule has 0 bridgehead atoms. The van der Waals surface area contributed by atoms with E-state index >= 15 is 0 Å². The minimum atomic E-state index is 0.183. The molecule has 2 N–H and O–H groups in total. The first-order valence-corrected chi connectivity index (χ1v) is 9.95. The van der Waals surface area contributed by atoms with Crippen molar-refractivity contribution in [2.24, 2.45) is 10.9 Å². The number of amides is 1. The van der Waals surface area contributed by atoms with Crippen LogP contribution in [0.1, 0.15) is 53.9 Å². The molecule has 0 spiro atoms. The molecule has 1 saturated heterocycles. The van der Waals surface area contributed by atoms with Gasteiger partial charge in [-0.05, 0) is 26.2 Å².